The number of amides is 1. The Morgan fingerprint density at radius 3 is 2.83 bits per heavy atom. The standard InChI is InChI=1S/C18H24N4O2/c1-22(2)10-11-24-17-7-5-14(12-16(17)19)6-8-18(23)21-15-4-3-9-20-13-15/h3-5,7,9,12-13H,6,8,10-11,19H2,1-2H3,(H,21,23). The lowest BCUT2D eigenvalue weighted by Crippen LogP contribution is -2.19. The number of benzene rings is 1. The molecule has 0 radical (unpaired) electrons. The predicted octanol–water partition coefficient (Wildman–Crippen LogP) is 2.18. The van der Waals surface area contributed by atoms with Crippen LogP contribution in [0, 0.1) is 0 Å². The molecule has 128 valence electrons. The quantitative estimate of drug-likeness (QED) is 0.726. The Labute approximate surface area is 142 Å². The summed E-state index contributed by atoms with van der Waals surface area (Å²) in [6.07, 6.45) is 4.29. The molecule has 0 bridgehead atoms. The Morgan fingerprint density at radius 2 is 2.17 bits per heavy atom. The molecule has 1 amide bonds. The van der Waals surface area contributed by atoms with E-state index in [4.69, 9.17) is 10.5 Å². The van der Waals surface area contributed by atoms with Crippen molar-refractivity contribution in [3.8, 4) is 5.75 Å². The predicted molar refractivity (Wildman–Crippen MR) is 96.1 cm³/mol. The maximum absolute atomic E-state index is 11.9. The summed E-state index contributed by atoms with van der Waals surface area (Å²) >= 11 is 0. The molecule has 0 aliphatic heterocycles. The van der Waals surface area contributed by atoms with Gasteiger partial charge in [-0.2, -0.15) is 0 Å². The second kappa shape index (κ2) is 8.88. The van der Waals surface area contributed by atoms with Crippen molar-refractivity contribution in [3.05, 3.63) is 48.3 Å². The Morgan fingerprint density at radius 1 is 1.33 bits per heavy atom. The van der Waals surface area contributed by atoms with Crippen molar-refractivity contribution in [2.24, 2.45) is 0 Å². The molecule has 1 heterocycles. The summed E-state index contributed by atoms with van der Waals surface area (Å²) < 4.78 is 5.65. The number of hydrogen-bond donors (Lipinski definition) is 2. The Hall–Kier alpha value is -2.60. The third-order valence-corrected chi connectivity index (χ3v) is 3.46. The molecular weight excluding hydrogens is 304 g/mol. The zero-order valence-electron chi connectivity index (χ0n) is 14.2. The van der Waals surface area contributed by atoms with Gasteiger partial charge in [0, 0.05) is 19.2 Å². The van der Waals surface area contributed by atoms with E-state index in [9.17, 15) is 4.79 Å². The highest BCUT2D eigenvalue weighted by molar-refractivity contribution is 5.90. The number of aromatic nitrogens is 1. The van der Waals surface area contributed by atoms with Gasteiger partial charge in [-0.25, -0.2) is 0 Å². The molecule has 0 atom stereocenters. The molecule has 0 spiro atoms. The molecule has 24 heavy (non-hydrogen) atoms. The van der Waals surface area contributed by atoms with Gasteiger partial charge < -0.3 is 20.7 Å². The van der Waals surface area contributed by atoms with Crippen LogP contribution in [0.2, 0.25) is 0 Å². The Kier molecular flexibility index (Phi) is 6.57. The van der Waals surface area contributed by atoms with Gasteiger partial charge in [-0.15, -0.1) is 0 Å². The fraction of sp³-hybridized carbons (Fsp3) is 0.333. The second-order valence-electron chi connectivity index (χ2n) is 5.81. The van der Waals surface area contributed by atoms with Gasteiger partial charge in [-0.3, -0.25) is 9.78 Å². The molecule has 0 saturated carbocycles. The molecule has 6 heteroatoms. The van der Waals surface area contributed by atoms with Crippen LogP contribution in [0.3, 0.4) is 0 Å². The van der Waals surface area contributed by atoms with Crippen molar-refractivity contribution >= 4 is 17.3 Å². The van der Waals surface area contributed by atoms with E-state index in [2.05, 4.69) is 10.3 Å². The Bertz CT molecular complexity index is 659. The summed E-state index contributed by atoms with van der Waals surface area (Å²) in [6, 6.07) is 9.26. The van der Waals surface area contributed by atoms with Crippen LogP contribution in [0.15, 0.2) is 42.7 Å². The summed E-state index contributed by atoms with van der Waals surface area (Å²) in [6.45, 7) is 1.42. The molecular formula is C18H24N4O2. The highest BCUT2D eigenvalue weighted by Gasteiger charge is 2.06. The lowest BCUT2D eigenvalue weighted by atomic mass is 10.1. The van der Waals surface area contributed by atoms with Gasteiger partial charge in [0.25, 0.3) is 0 Å². The van der Waals surface area contributed by atoms with E-state index in [1.165, 1.54) is 0 Å². The van der Waals surface area contributed by atoms with Gasteiger partial charge >= 0.3 is 0 Å². The minimum Gasteiger partial charge on any atom is -0.490 e. The summed E-state index contributed by atoms with van der Waals surface area (Å²) in [4.78, 5) is 18.0. The fourth-order valence-electron chi connectivity index (χ4n) is 2.14. The van der Waals surface area contributed by atoms with Crippen molar-refractivity contribution in [3.63, 3.8) is 0 Å². The molecule has 0 aliphatic carbocycles. The first-order chi connectivity index (χ1) is 11.5. The number of nitrogen functional groups attached to an aromatic ring is 1. The number of hydrogen-bond acceptors (Lipinski definition) is 5. The summed E-state index contributed by atoms with van der Waals surface area (Å²) in [5.41, 5.74) is 8.33. The molecule has 2 rings (SSSR count). The first-order valence-corrected chi connectivity index (χ1v) is 7.90. The van der Waals surface area contributed by atoms with E-state index >= 15 is 0 Å². The molecule has 0 unspecified atom stereocenters. The number of aryl methyl sites for hydroxylation is 1. The zero-order valence-corrected chi connectivity index (χ0v) is 14.2. The number of nitrogens with zero attached hydrogens (tertiary/aromatic N) is 2. The lowest BCUT2D eigenvalue weighted by molar-refractivity contribution is -0.116. The average Bonchev–Trinajstić information content (AvgIpc) is 2.55. The van der Waals surface area contributed by atoms with Crippen LogP contribution >= 0.6 is 0 Å². The number of nitrogens with two attached hydrogens (primary N) is 1. The maximum atomic E-state index is 11.9. The highest BCUT2D eigenvalue weighted by atomic mass is 16.5. The van der Waals surface area contributed by atoms with Gasteiger partial charge in [0.15, 0.2) is 0 Å². The van der Waals surface area contributed by atoms with E-state index < -0.39 is 0 Å². The molecule has 3 N–H and O–H groups in total. The van der Waals surface area contributed by atoms with E-state index in [-0.39, 0.29) is 5.91 Å². The van der Waals surface area contributed by atoms with Crippen LogP contribution in [-0.2, 0) is 11.2 Å². The molecule has 0 aliphatic rings. The summed E-state index contributed by atoms with van der Waals surface area (Å²) in [7, 11) is 3.98. The number of rotatable bonds is 8. The number of likely N-dealkylation sites (N-methyl/N-ethyl adjacent to an activating group) is 1. The smallest absolute Gasteiger partial charge is 0.224 e. The lowest BCUT2D eigenvalue weighted by Gasteiger charge is -2.13. The van der Waals surface area contributed by atoms with E-state index in [1.54, 1.807) is 18.5 Å². The van der Waals surface area contributed by atoms with Gasteiger partial charge in [-0.05, 0) is 50.3 Å². The largest absolute Gasteiger partial charge is 0.490 e. The van der Waals surface area contributed by atoms with Gasteiger partial charge in [0.05, 0.1) is 17.6 Å². The van der Waals surface area contributed by atoms with Crippen LogP contribution in [0.1, 0.15) is 12.0 Å². The number of carbonyl (C=O) groups excluding carboxylic acids is 1. The van der Waals surface area contributed by atoms with Crippen molar-refractivity contribution in [2.45, 2.75) is 12.8 Å². The number of carbonyl (C=O) groups is 1. The number of nitrogens with one attached hydrogen (secondary N) is 1. The van der Waals surface area contributed by atoms with Crippen molar-refractivity contribution < 1.29 is 9.53 Å². The SMILES string of the molecule is CN(C)CCOc1ccc(CCC(=O)Nc2cccnc2)cc1N. The van der Waals surface area contributed by atoms with Crippen LogP contribution in [-0.4, -0.2) is 43.0 Å². The van der Waals surface area contributed by atoms with Crippen molar-refractivity contribution in [2.75, 3.05) is 38.3 Å². The van der Waals surface area contributed by atoms with Crippen LogP contribution < -0.4 is 15.8 Å². The highest BCUT2D eigenvalue weighted by Crippen LogP contribution is 2.23. The third-order valence-electron chi connectivity index (χ3n) is 3.46. The molecule has 1 aromatic carbocycles. The zero-order chi connectivity index (χ0) is 17.4. The fourth-order valence-corrected chi connectivity index (χ4v) is 2.14. The minimum atomic E-state index is -0.0483. The van der Waals surface area contributed by atoms with E-state index in [0.29, 0.717) is 36.6 Å². The molecule has 2 aromatic rings. The number of ether oxygens (including phenoxy) is 1. The normalized spacial score (nSPS) is 10.6. The molecule has 6 nitrogen and oxygen atoms in total. The third kappa shape index (κ3) is 5.89. The molecule has 0 fully saturated rings. The van der Waals surface area contributed by atoms with Gasteiger partial charge in [0.1, 0.15) is 12.4 Å². The van der Waals surface area contributed by atoms with Crippen molar-refractivity contribution in [1.29, 1.82) is 0 Å². The second-order valence-corrected chi connectivity index (χ2v) is 5.81. The monoisotopic (exact) mass is 328 g/mol. The minimum absolute atomic E-state index is 0.0483. The summed E-state index contributed by atoms with van der Waals surface area (Å²) in [5.74, 6) is 0.633. The van der Waals surface area contributed by atoms with Crippen LogP contribution in [0.4, 0.5) is 11.4 Å². The summed E-state index contributed by atoms with van der Waals surface area (Å²) in [5, 5.41) is 2.81. The number of anilines is 2. The molecule has 1 aromatic heterocycles. The first kappa shape index (κ1) is 17.7. The van der Waals surface area contributed by atoms with Crippen LogP contribution in [0.25, 0.3) is 0 Å². The first-order valence-electron chi connectivity index (χ1n) is 7.90. The van der Waals surface area contributed by atoms with E-state index in [0.717, 1.165) is 12.1 Å². The molecule has 0 saturated heterocycles. The average molecular weight is 328 g/mol. The topological polar surface area (TPSA) is 80.5 Å². The maximum Gasteiger partial charge on any atom is 0.224 e. The number of pyridine rings is 1. The van der Waals surface area contributed by atoms with Gasteiger partial charge in [0.2, 0.25) is 5.91 Å². The Balaban J connectivity index is 1.82. The van der Waals surface area contributed by atoms with E-state index in [1.807, 2.05) is 43.3 Å². The van der Waals surface area contributed by atoms with Crippen LogP contribution in [0.5, 0.6) is 5.75 Å². The van der Waals surface area contributed by atoms with Gasteiger partial charge in [-0.1, -0.05) is 6.07 Å². The van der Waals surface area contributed by atoms with Crippen molar-refractivity contribution in [1.82, 2.24) is 9.88 Å².